The molecule has 0 aromatic heterocycles. The highest BCUT2D eigenvalue weighted by Crippen LogP contribution is 2.37. The highest BCUT2D eigenvalue weighted by molar-refractivity contribution is 9.10. The Labute approximate surface area is 152 Å². The topological polar surface area (TPSA) is 17.1 Å². The number of ketones is 1. The lowest BCUT2D eigenvalue weighted by Gasteiger charge is -2.14. The molecular weight excluding hydrogens is 433 g/mol. The van der Waals surface area contributed by atoms with Crippen molar-refractivity contribution in [3.8, 4) is 0 Å². The average Bonchev–Trinajstić information content (AvgIpc) is 2.47. The molecule has 140 valence electrons. The van der Waals surface area contributed by atoms with Crippen molar-refractivity contribution in [2.75, 3.05) is 0 Å². The van der Waals surface area contributed by atoms with Gasteiger partial charge in [-0.2, -0.15) is 13.2 Å². The van der Waals surface area contributed by atoms with Crippen molar-refractivity contribution in [2.45, 2.75) is 25.9 Å². The number of hydrogen-bond acceptors (Lipinski definition) is 1. The summed E-state index contributed by atoms with van der Waals surface area (Å²) in [6, 6.07) is 4.92. The van der Waals surface area contributed by atoms with E-state index < -0.39 is 52.8 Å². The predicted molar refractivity (Wildman–Crippen MR) is 82.6 cm³/mol. The molecule has 0 amide bonds. The van der Waals surface area contributed by atoms with E-state index in [9.17, 15) is 35.5 Å². The zero-order valence-corrected chi connectivity index (χ0v) is 14.7. The Balaban J connectivity index is 2.36. The maximum Gasteiger partial charge on any atom is 0.422 e. The van der Waals surface area contributed by atoms with Gasteiger partial charge >= 0.3 is 6.18 Å². The maximum atomic E-state index is 13.8. The van der Waals surface area contributed by atoms with Crippen molar-refractivity contribution in [2.24, 2.45) is 0 Å². The Hall–Kier alpha value is -1.90. The van der Waals surface area contributed by atoms with Gasteiger partial charge in [0.1, 0.15) is 11.3 Å². The van der Waals surface area contributed by atoms with Crippen molar-refractivity contribution in [3.63, 3.8) is 0 Å². The standard InChI is InChI=1S/C17H10BrF7O/c1-7-2-8(4-9(18)3-7)5-10(26)6-11-13(19)15(21)12(17(23,24)25)16(22)14(11)20/h2-4H,5-6H2,1H3. The van der Waals surface area contributed by atoms with Gasteiger partial charge in [-0.1, -0.05) is 22.0 Å². The SMILES string of the molecule is Cc1cc(Br)cc(CC(=O)Cc2c(F)c(F)c(C(F)(F)F)c(F)c2F)c1. The molecule has 2 rings (SSSR count). The summed E-state index contributed by atoms with van der Waals surface area (Å²) in [7, 11) is 0. The number of carbonyl (C=O) groups is 1. The van der Waals surface area contributed by atoms with Crippen LogP contribution in [0.5, 0.6) is 0 Å². The summed E-state index contributed by atoms with van der Waals surface area (Å²) in [6.07, 6.45) is -7.02. The second-order valence-electron chi connectivity index (χ2n) is 5.64. The fraction of sp³-hybridized carbons (Fsp3) is 0.235. The van der Waals surface area contributed by atoms with Gasteiger partial charge in [-0.05, 0) is 30.2 Å². The fourth-order valence-corrected chi connectivity index (χ4v) is 3.14. The van der Waals surface area contributed by atoms with Crippen LogP contribution in [-0.2, 0) is 23.8 Å². The summed E-state index contributed by atoms with van der Waals surface area (Å²) < 4.78 is 93.0. The van der Waals surface area contributed by atoms with Crippen molar-refractivity contribution >= 4 is 21.7 Å². The lowest BCUT2D eigenvalue weighted by atomic mass is 9.99. The molecular formula is C17H10BrF7O. The molecule has 0 bridgehead atoms. The van der Waals surface area contributed by atoms with Gasteiger partial charge in [0.05, 0.1) is 0 Å². The number of hydrogen-bond donors (Lipinski definition) is 0. The number of benzene rings is 2. The van der Waals surface area contributed by atoms with E-state index in [1.807, 2.05) is 0 Å². The highest BCUT2D eigenvalue weighted by Gasteiger charge is 2.42. The number of aryl methyl sites for hydroxylation is 1. The lowest BCUT2D eigenvalue weighted by Crippen LogP contribution is -2.19. The number of Topliss-reactive ketones (excluding diaryl/α,β-unsaturated/α-hetero) is 1. The Morgan fingerprint density at radius 3 is 1.92 bits per heavy atom. The minimum absolute atomic E-state index is 0.316. The van der Waals surface area contributed by atoms with E-state index in [-0.39, 0.29) is 6.42 Å². The van der Waals surface area contributed by atoms with Gasteiger partial charge in [0.25, 0.3) is 0 Å². The van der Waals surface area contributed by atoms with E-state index in [4.69, 9.17) is 0 Å². The Morgan fingerprint density at radius 2 is 1.46 bits per heavy atom. The number of halogens is 8. The number of rotatable bonds is 4. The van der Waals surface area contributed by atoms with Crippen molar-refractivity contribution in [3.05, 3.63) is 68.2 Å². The molecule has 0 heterocycles. The monoisotopic (exact) mass is 442 g/mol. The molecule has 2 aromatic rings. The minimum atomic E-state index is -5.62. The van der Waals surface area contributed by atoms with Crippen LogP contribution in [0, 0.1) is 30.2 Å². The Kier molecular flexibility index (Phi) is 5.79. The summed E-state index contributed by atoms with van der Waals surface area (Å²) in [5.74, 6) is -10.4. The van der Waals surface area contributed by atoms with Crippen LogP contribution in [0.15, 0.2) is 22.7 Å². The molecule has 0 fully saturated rings. The third-order valence-corrected chi connectivity index (χ3v) is 3.97. The molecule has 0 aliphatic heterocycles. The summed E-state index contributed by atoms with van der Waals surface area (Å²) >= 11 is 3.20. The lowest BCUT2D eigenvalue weighted by molar-refractivity contribution is -0.143. The van der Waals surface area contributed by atoms with Crippen molar-refractivity contribution < 1.29 is 35.5 Å². The van der Waals surface area contributed by atoms with Gasteiger partial charge in [0.2, 0.25) is 0 Å². The van der Waals surface area contributed by atoms with Gasteiger partial charge in [-0.25, -0.2) is 17.6 Å². The molecule has 0 radical (unpaired) electrons. The van der Waals surface area contributed by atoms with Gasteiger partial charge in [0.15, 0.2) is 23.3 Å². The summed E-state index contributed by atoms with van der Waals surface area (Å²) in [5, 5.41) is 0. The van der Waals surface area contributed by atoms with Crippen LogP contribution in [0.2, 0.25) is 0 Å². The normalized spacial score (nSPS) is 11.7. The first-order chi connectivity index (χ1) is 11.9. The zero-order chi connectivity index (χ0) is 19.8. The van der Waals surface area contributed by atoms with E-state index in [0.717, 1.165) is 5.56 Å². The summed E-state index contributed by atoms with van der Waals surface area (Å²) in [5.41, 5.74) is -2.78. The molecule has 26 heavy (non-hydrogen) atoms. The second kappa shape index (κ2) is 7.38. The number of alkyl halides is 3. The van der Waals surface area contributed by atoms with E-state index >= 15 is 0 Å². The molecule has 1 nitrogen and oxygen atoms in total. The average molecular weight is 443 g/mol. The van der Waals surface area contributed by atoms with Gasteiger partial charge in [-0.3, -0.25) is 4.79 Å². The number of carbonyl (C=O) groups excluding carboxylic acids is 1. The molecule has 9 heteroatoms. The van der Waals surface area contributed by atoms with Gasteiger partial charge in [0, 0.05) is 22.9 Å². The third-order valence-electron chi connectivity index (χ3n) is 3.51. The Bertz CT molecular complexity index is 825. The van der Waals surface area contributed by atoms with Gasteiger partial charge < -0.3 is 0 Å². The van der Waals surface area contributed by atoms with Crippen LogP contribution in [0.1, 0.15) is 22.3 Å². The quantitative estimate of drug-likeness (QED) is 0.439. The molecule has 0 saturated heterocycles. The van der Waals surface area contributed by atoms with E-state index in [1.165, 1.54) is 0 Å². The van der Waals surface area contributed by atoms with Crippen LogP contribution in [0.4, 0.5) is 30.7 Å². The fourth-order valence-electron chi connectivity index (χ4n) is 2.48. The molecule has 2 aromatic carbocycles. The Morgan fingerprint density at radius 1 is 0.923 bits per heavy atom. The minimum Gasteiger partial charge on any atom is -0.299 e. The molecule has 0 atom stereocenters. The van der Waals surface area contributed by atoms with Gasteiger partial charge in [-0.15, -0.1) is 0 Å². The predicted octanol–water partition coefficient (Wildman–Crippen LogP) is 5.69. The van der Waals surface area contributed by atoms with Crippen LogP contribution >= 0.6 is 15.9 Å². The van der Waals surface area contributed by atoms with Crippen LogP contribution in [-0.4, -0.2) is 5.78 Å². The summed E-state index contributed by atoms with van der Waals surface area (Å²) in [6.45, 7) is 1.73. The molecule has 0 aliphatic rings. The van der Waals surface area contributed by atoms with Crippen molar-refractivity contribution in [1.82, 2.24) is 0 Å². The molecule has 0 spiro atoms. The van der Waals surface area contributed by atoms with Crippen LogP contribution in [0.3, 0.4) is 0 Å². The maximum absolute atomic E-state index is 13.8. The van der Waals surface area contributed by atoms with Crippen molar-refractivity contribution in [1.29, 1.82) is 0 Å². The van der Waals surface area contributed by atoms with Crippen LogP contribution < -0.4 is 0 Å². The van der Waals surface area contributed by atoms with E-state index in [1.54, 1.807) is 25.1 Å². The van der Waals surface area contributed by atoms with E-state index in [2.05, 4.69) is 15.9 Å². The largest absolute Gasteiger partial charge is 0.422 e. The molecule has 0 unspecified atom stereocenters. The van der Waals surface area contributed by atoms with Crippen LogP contribution in [0.25, 0.3) is 0 Å². The smallest absolute Gasteiger partial charge is 0.299 e. The third kappa shape index (κ3) is 4.25. The molecule has 0 aliphatic carbocycles. The zero-order valence-electron chi connectivity index (χ0n) is 13.1. The highest BCUT2D eigenvalue weighted by atomic mass is 79.9. The first kappa shape index (κ1) is 20.4. The first-order valence-corrected chi connectivity index (χ1v) is 7.91. The first-order valence-electron chi connectivity index (χ1n) is 7.11. The second-order valence-corrected chi connectivity index (χ2v) is 6.55. The summed E-state index contributed by atoms with van der Waals surface area (Å²) in [4.78, 5) is 12.0. The molecule has 0 saturated carbocycles. The van der Waals surface area contributed by atoms with E-state index in [0.29, 0.717) is 10.0 Å². The molecule has 0 N–H and O–H groups in total.